The minimum absolute atomic E-state index is 0.00213. The maximum atomic E-state index is 12.3. The van der Waals surface area contributed by atoms with Crippen LogP contribution in [0.3, 0.4) is 0 Å². The second-order valence-corrected chi connectivity index (χ2v) is 7.91. The maximum absolute atomic E-state index is 12.3. The minimum atomic E-state index is -4.76. The van der Waals surface area contributed by atoms with Gasteiger partial charge in [-0.3, -0.25) is 0 Å². The highest BCUT2D eigenvalue weighted by atomic mass is 19.4. The largest absolute Gasteiger partial charge is 0.573 e. The SMILES string of the molecule is CC(C)(C)OC(=O)NC1C2CN(C(=O)Nc3ccc(OC(F)(F)F)cc3)CC21. The molecule has 1 aromatic rings. The molecule has 3 amide bonds. The summed E-state index contributed by atoms with van der Waals surface area (Å²) in [6.45, 7) is 6.34. The molecule has 7 nitrogen and oxygen atoms in total. The van der Waals surface area contributed by atoms with E-state index in [9.17, 15) is 22.8 Å². The Kier molecular flexibility index (Phi) is 5.07. The Morgan fingerprint density at radius 3 is 2.14 bits per heavy atom. The number of alkyl carbamates (subject to hydrolysis) is 1. The molecule has 1 saturated carbocycles. The maximum Gasteiger partial charge on any atom is 0.573 e. The van der Waals surface area contributed by atoms with Crippen molar-refractivity contribution in [1.82, 2.24) is 10.2 Å². The summed E-state index contributed by atoms with van der Waals surface area (Å²) in [5.41, 5.74) is -0.204. The van der Waals surface area contributed by atoms with Gasteiger partial charge in [0.1, 0.15) is 11.4 Å². The first-order valence-electron chi connectivity index (χ1n) is 8.82. The third-order valence-corrected chi connectivity index (χ3v) is 4.50. The van der Waals surface area contributed by atoms with Crippen molar-refractivity contribution in [2.75, 3.05) is 18.4 Å². The van der Waals surface area contributed by atoms with Crippen LogP contribution < -0.4 is 15.4 Å². The van der Waals surface area contributed by atoms with Crippen LogP contribution in [0.25, 0.3) is 0 Å². The molecule has 154 valence electrons. The predicted molar refractivity (Wildman–Crippen MR) is 93.9 cm³/mol. The topological polar surface area (TPSA) is 79.9 Å². The van der Waals surface area contributed by atoms with Crippen molar-refractivity contribution >= 4 is 17.8 Å². The zero-order chi connectivity index (χ0) is 20.7. The van der Waals surface area contributed by atoms with Crippen LogP contribution in [0.4, 0.5) is 28.4 Å². The summed E-state index contributed by atoms with van der Waals surface area (Å²) in [6.07, 6.45) is -5.23. The van der Waals surface area contributed by atoms with E-state index in [2.05, 4.69) is 15.4 Å². The number of nitrogens with zero attached hydrogens (tertiary/aromatic N) is 1. The molecule has 28 heavy (non-hydrogen) atoms. The Hall–Kier alpha value is -2.65. The van der Waals surface area contributed by atoms with E-state index in [1.807, 2.05) is 0 Å². The van der Waals surface area contributed by atoms with E-state index in [0.29, 0.717) is 18.8 Å². The van der Waals surface area contributed by atoms with Crippen LogP contribution in [-0.4, -0.2) is 48.1 Å². The highest BCUT2D eigenvalue weighted by Crippen LogP contribution is 2.45. The lowest BCUT2D eigenvalue weighted by Crippen LogP contribution is -2.40. The number of carbonyl (C=O) groups excluding carboxylic acids is 2. The van der Waals surface area contributed by atoms with Gasteiger partial charge in [0, 0.05) is 36.7 Å². The van der Waals surface area contributed by atoms with Gasteiger partial charge in [-0.15, -0.1) is 13.2 Å². The number of carbonyl (C=O) groups is 2. The molecule has 2 aliphatic rings. The average Bonchev–Trinajstić information content (AvgIpc) is 2.98. The number of halogens is 3. The van der Waals surface area contributed by atoms with Crippen molar-refractivity contribution in [3.05, 3.63) is 24.3 Å². The first-order chi connectivity index (χ1) is 12.9. The number of urea groups is 1. The van der Waals surface area contributed by atoms with Crippen molar-refractivity contribution in [2.24, 2.45) is 11.8 Å². The summed E-state index contributed by atoms with van der Waals surface area (Å²) in [5, 5.41) is 5.46. The van der Waals surface area contributed by atoms with E-state index in [1.54, 1.807) is 25.7 Å². The van der Waals surface area contributed by atoms with Crippen LogP contribution in [0.2, 0.25) is 0 Å². The molecule has 1 aromatic carbocycles. The predicted octanol–water partition coefficient (Wildman–Crippen LogP) is 3.57. The number of benzene rings is 1. The first-order valence-corrected chi connectivity index (χ1v) is 8.82. The van der Waals surface area contributed by atoms with Gasteiger partial charge in [-0.1, -0.05) is 0 Å². The molecule has 0 bridgehead atoms. The molecular formula is C18H22F3N3O4. The Bertz CT molecular complexity index is 734. The van der Waals surface area contributed by atoms with Gasteiger partial charge in [-0.2, -0.15) is 0 Å². The number of fused-ring (bicyclic) bond motifs is 1. The van der Waals surface area contributed by atoms with Crippen LogP contribution in [0, 0.1) is 11.8 Å². The lowest BCUT2D eigenvalue weighted by atomic mass is 10.2. The molecule has 0 aromatic heterocycles. The molecule has 1 aliphatic carbocycles. The van der Waals surface area contributed by atoms with E-state index in [0.717, 1.165) is 12.1 Å². The third kappa shape index (κ3) is 5.20. The number of hydrogen-bond donors (Lipinski definition) is 2. The Labute approximate surface area is 160 Å². The zero-order valence-electron chi connectivity index (χ0n) is 15.7. The van der Waals surface area contributed by atoms with Gasteiger partial charge >= 0.3 is 18.5 Å². The van der Waals surface area contributed by atoms with E-state index in [4.69, 9.17) is 4.74 Å². The fourth-order valence-electron chi connectivity index (χ4n) is 3.29. The van der Waals surface area contributed by atoms with Crippen LogP contribution in [0.15, 0.2) is 24.3 Å². The van der Waals surface area contributed by atoms with E-state index < -0.39 is 18.1 Å². The molecule has 1 saturated heterocycles. The van der Waals surface area contributed by atoms with Crippen molar-refractivity contribution in [1.29, 1.82) is 0 Å². The molecule has 3 rings (SSSR count). The minimum Gasteiger partial charge on any atom is -0.444 e. The van der Waals surface area contributed by atoms with Crippen molar-refractivity contribution in [3.8, 4) is 5.75 Å². The van der Waals surface area contributed by atoms with E-state index >= 15 is 0 Å². The normalized spacial score (nSPS) is 23.6. The van der Waals surface area contributed by atoms with E-state index in [1.165, 1.54) is 12.1 Å². The number of amides is 3. The Morgan fingerprint density at radius 1 is 1.07 bits per heavy atom. The fraction of sp³-hybridized carbons (Fsp3) is 0.556. The smallest absolute Gasteiger partial charge is 0.444 e. The second kappa shape index (κ2) is 7.06. The number of anilines is 1. The lowest BCUT2D eigenvalue weighted by molar-refractivity contribution is -0.274. The molecule has 2 fully saturated rings. The standard InChI is InChI=1S/C18H22F3N3O4/c1-17(2,3)28-16(26)23-14-12-8-24(9-13(12)14)15(25)22-10-4-6-11(7-5-10)27-18(19,20)21/h4-7,12-14H,8-9H2,1-3H3,(H,22,25)(H,23,26). The van der Waals surface area contributed by atoms with Crippen LogP contribution in [0.5, 0.6) is 5.75 Å². The van der Waals surface area contributed by atoms with Crippen LogP contribution >= 0.6 is 0 Å². The fourth-order valence-corrected chi connectivity index (χ4v) is 3.29. The van der Waals surface area contributed by atoms with Crippen molar-refractivity contribution in [3.63, 3.8) is 0 Å². The Morgan fingerprint density at radius 2 is 1.64 bits per heavy atom. The zero-order valence-corrected chi connectivity index (χ0v) is 15.7. The Balaban J connectivity index is 1.44. The van der Waals surface area contributed by atoms with Gasteiger partial charge in [0.15, 0.2) is 0 Å². The van der Waals surface area contributed by atoms with Gasteiger partial charge in [-0.25, -0.2) is 9.59 Å². The molecule has 2 N–H and O–H groups in total. The van der Waals surface area contributed by atoms with E-state index in [-0.39, 0.29) is 29.7 Å². The van der Waals surface area contributed by atoms with Gasteiger partial charge < -0.3 is 25.0 Å². The quantitative estimate of drug-likeness (QED) is 0.812. The summed E-state index contributed by atoms with van der Waals surface area (Å²) in [5.74, 6) is 0.00522. The second-order valence-electron chi connectivity index (χ2n) is 7.91. The summed E-state index contributed by atoms with van der Waals surface area (Å²) in [6, 6.07) is 4.59. The number of ether oxygens (including phenoxy) is 2. The van der Waals surface area contributed by atoms with Gasteiger partial charge in [0.25, 0.3) is 0 Å². The number of alkyl halides is 3. The summed E-state index contributed by atoms with van der Waals surface area (Å²) < 4.78 is 45.5. The van der Waals surface area contributed by atoms with Gasteiger partial charge in [-0.05, 0) is 45.0 Å². The molecular weight excluding hydrogens is 379 g/mol. The van der Waals surface area contributed by atoms with Crippen LogP contribution in [0.1, 0.15) is 20.8 Å². The lowest BCUT2D eigenvalue weighted by Gasteiger charge is -2.22. The number of piperidine rings is 1. The number of likely N-dealkylation sites (tertiary alicyclic amines) is 1. The molecule has 2 atom stereocenters. The monoisotopic (exact) mass is 401 g/mol. The summed E-state index contributed by atoms with van der Waals surface area (Å²) in [4.78, 5) is 25.7. The highest BCUT2D eigenvalue weighted by Gasteiger charge is 2.57. The first kappa shape index (κ1) is 20.1. The average molecular weight is 401 g/mol. The third-order valence-electron chi connectivity index (χ3n) is 4.50. The molecule has 1 heterocycles. The van der Waals surface area contributed by atoms with Crippen molar-refractivity contribution < 1.29 is 32.2 Å². The van der Waals surface area contributed by atoms with Gasteiger partial charge in [0.05, 0.1) is 0 Å². The number of nitrogens with one attached hydrogen (secondary N) is 2. The summed E-state index contributed by atoms with van der Waals surface area (Å²) in [7, 11) is 0. The number of rotatable bonds is 3. The molecule has 0 spiro atoms. The van der Waals surface area contributed by atoms with Gasteiger partial charge in [0.2, 0.25) is 0 Å². The summed E-state index contributed by atoms with van der Waals surface area (Å²) >= 11 is 0. The highest BCUT2D eigenvalue weighted by molar-refractivity contribution is 5.89. The van der Waals surface area contributed by atoms with Crippen molar-refractivity contribution in [2.45, 2.75) is 38.8 Å². The molecule has 1 aliphatic heterocycles. The molecule has 2 unspecified atom stereocenters. The molecule has 0 radical (unpaired) electrons. The van der Waals surface area contributed by atoms with Crippen LogP contribution in [-0.2, 0) is 4.74 Å². The molecule has 10 heteroatoms. The number of hydrogen-bond acceptors (Lipinski definition) is 4.